The lowest BCUT2D eigenvalue weighted by atomic mass is 10.1. The van der Waals surface area contributed by atoms with Gasteiger partial charge in [-0.2, -0.15) is 0 Å². The Kier molecular flexibility index (Phi) is 7.62. The molecule has 0 spiro atoms. The molecule has 1 aliphatic heterocycles. The van der Waals surface area contributed by atoms with Gasteiger partial charge in [0, 0.05) is 5.02 Å². The Bertz CT molecular complexity index is 1370. The molecule has 0 atom stereocenters. The molecule has 4 amide bonds. The van der Waals surface area contributed by atoms with Crippen LogP contribution in [0, 0.1) is 6.92 Å². The zero-order chi connectivity index (χ0) is 25.8. The number of aryl methyl sites for hydroxylation is 1. The Hall–Kier alpha value is -3.81. The molecule has 0 aliphatic carbocycles. The van der Waals surface area contributed by atoms with Crippen molar-refractivity contribution in [2.24, 2.45) is 0 Å². The highest BCUT2D eigenvalue weighted by atomic mass is 35.5. The fourth-order valence-corrected chi connectivity index (χ4v) is 4.11. The molecule has 184 valence electrons. The highest BCUT2D eigenvalue weighted by Gasteiger charge is 2.37. The number of ether oxygens (including phenoxy) is 2. The third-order valence-electron chi connectivity index (χ3n) is 5.38. The molecule has 1 fully saturated rings. The SMILES string of the molecule is CCOc1cc(/C=C2\C(=O)NC(=O)N(c3cc(Cl)ccc3C)C2=O)cc(Cl)c1OCc1ccccc1. The Labute approximate surface area is 218 Å². The van der Waals surface area contributed by atoms with Crippen molar-refractivity contribution in [2.75, 3.05) is 11.5 Å². The highest BCUT2D eigenvalue weighted by molar-refractivity contribution is 6.40. The number of carbonyl (C=O) groups excluding carboxylic acids is 3. The molecule has 1 aliphatic rings. The first-order chi connectivity index (χ1) is 17.3. The molecular formula is C27H22Cl2N2O5. The summed E-state index contributed by atoms with van der Waals surface area (Å²) in [5.74, 6) is -0.905. The van der Waals surface area contributed by atoms with Crippen molar-refractivity contribution in [1.29, 1.82) is 0 Å². The molecule has 0 saturated carbocycles. The van der Waals surface area contributed by atoms with Gasteiger partial charge < -0.3 is 9.47 Å². The Morgan fingerprint density at radius 1 is 0.972 bits per heavy atom. The van der Waals surface area contributed by atoms with Crippen LogP contribution in [-0.2, 0) is 16.2 Å². The lowest BCUT2D eigenvalue weighted by Crippen LogP contribution is -2.54. The number of halogens is 2. The summed E-state index contributed by atoms with van der Waals surface area (Å²) in [6, 6.07) is 16.7. The molecule has 1 heterocycles. The smallest absolute Gasteiger partial charge is 0.335 e. The molecule has 36 heavy (non-hydrogen) atoms. The number of barbiturate groups is 1. The van der Waals surface area contributed by atoms with Crippen LogP contribution in [0.4, 0.5) is 10.5 Å². The standard InChI is InChI=1S/C27H22Cl2N2O5/c1-3-35-23-13-18(12-21(29)24(23)36-15-17-7-5-4-6-8-17)11-20-25(32)30-27(34)31(26(20)33)22-14-19(28)10-9-16(22)2/h4-14H,3,15H2,1-2H3,(H,30,32,34)/b20-11+. The number of hydrogen-bond donors (Lipinski definition) is 1. The van der Waals surface area contributed by atoms with E-state index < -0.39 is 17.8 Å². The van der Waals surface area contributed by atoms with E-state index in [9.17, 15) is 14.4 Å². The number of rotatable bonds is 7. The summed E-state index contributed by atoms with van der Waals surface area (Å²) in [6.45, 7) is 4.16. The van der Waals surface area contributed by atoms with Gasteiger partial charge in [0.2, 0.25) is 0 Å². The van der Waals surface area contributed by atoms with E-state index in [2.05, 4.69) is 5.32 Å². The fraction of sp³-hybridized carbons (Fsp3) is 0.148. The summed E-state index contributed by atoms with van der Waals surface area (Å²) < 4.78 is 11.6. The van der Waals surface area contributed by atoms with Crippen molar-refractivity contribution in [3.63, 3.8) is 0 Å². The minimum atomic E-state index is -0.856. The van der Waals surface area contributed by atoms with Gasteiger partial charge in [-0.15, -0.1) is 0 Å². The van der Waals surface area contributed by atoms with E-state index in [0.29, 0.717) is 34.3 Å². The van der Waals surface area contributed by atoms with Gasteiger partial charge in [0.15, 0.2) is 11.5 Å². The van der Waals surface area contributed by atoms with Crippen LogP contribution in [0.3, 0.4) is 0 Å². The predicted octanol–water partition coefficient (Wildman–Crippen LogP) is 5.95. The van der Waals surface area contributed by atoms with Crippen LogP contribution < -0.4 is 19.7 Å². The molecule has 7 nitrogen and oxygen atoms in total. The average Bonchev–Trinajstić information content (AvgIpc) is 2.84. The number of imide groups is 2. The molecule has 1 saturated heterocycles. The number of carbonyl (C=O) groups is 3. The summed E-state index contributed by atoms with van der Waals surface area (Å²) in [7, 11) is 0. The first-order valence-corrected chi connectivity index (χ1v) is 11.8. The molecule has 1 N–H and O–H groups in total. The largest absolute Gasteiger partial charge is 0.490 e. The second kappa shape index (κ2) is 10.8. The number of benzene rings is 3. The number of nitrogens with zero attached hydrogens (tertiary/aromatic N) is 1. The van der Waals surface area contributed by atoms with E-state index in [0.717, 1.165) is 10.5 Å². The molecule has 0 unspecified atom stereocenters. The third kappa shape index (κ3) is 5.37. The van der Waals surface area contributed by atoms with E-state index in [4.69, 9.17) is 32.7 Å². The maximum Gasteiger partial charge on any atom is 0.335 e. The third-order valence-corrected chi connectivity index (χ3v) is 5.90. The summed E-state index contributed by atoms with van der Waals surface area (Å²) >= 11 is 12.6. The van der Waals surface area contributed by atoms with Crippen molar-refractivity contribution in [2.45, 2.75) is 20.5 Å². The van der Waals surface area contributed by atoms with Crippen LogP contribution in [0.2, 0.25) is 10.0 Å². The van der Waals surface area contributed by atoms with Gasteiger partial charge in [-0.05, 0) is 60.9 Å². The van der Waals surface area contributed by atoms with Crippen molar-refractivity contribution in [1.82, 2.24) is 5.32 Å². The summed E-state index contributed by atoms with van der Waals surface area (Å²) in [5, 5.41) is 2.79. The maximum absolute atomic E-state index is 13.3. The predicted molar refractivity (Wildman–Crippen MR) is 139 cm³/mol. The molecule has 0 aromatic heterocycles. The zero-order valence-corrected chi connectivity index (χ0v) is 21.0. The van der Waals surface area contributed by atoms with Gasteiger partial charge in [-0.1, -0.05) is 59.6 Å². The van der Waals surface area contributed by atoms with Crippen molar-refractivity contribution >= 4 is 52.8 Å². The summed E-state index contributed by atoms with van der Waals surface area (Å²) in [4.78, 5) is 39.3. The topological polar surface area (TPSA) is 84.9 Å². The highest BCUT2D eigenvalue weighted by Crippen LogP contribution is 2.38. The van der Waals surface area contributed by atoms with Gasteiger partial charge >= 0.3 is 6.03 Å². The fourth-order valence-electron chi connectivity index (χ4n) is 3.67. The number of anilines is 1. The molecule has 0 radical (unpaired) electrons. The summed E-state index contributed by atoms with van der Waals surface area (Å²) in [6.07, 6.45) is 1.35. The first kappa shape index (κ1) is 25.3. The quantitative estimate of drug-likeness (QED) is 0.305. The van der Waals surface area contributed by atoms with Crippen LogP contribution in [0.15, 0.2) is 66.2 Å². The summed E-state index contributed by atoms with van der Waals surface area (Å²) in [5.41, 5.74) is 2.05. The Morgan fingerprint density at radius 2 is 1.72 bits per heavy atom. The van der Waals surface area contributed by atoms with Crippen LogP contribution in [0.5, 0.6) is 11.5 Å². The normalized spacial score (nSPS) is 14.7. The molecule has 3 aromatic rings. The maximum atomic E-state index is 13.3. The molecular weight excluding hydrogens is 503 g/mol. The monoisotopic (exact) mass is 524 g/mol. The van der Waals surface area contributed by atoms with E-state index in [1.54, 1.807) is 31.2 Å². The van der Waals surface area contributed by atoms with Gasteiger partial charge in [-0.25, -0.2) is 9.69 Å². The second-order valence-electron chi connectivity index (χ2n) is 7.93. The van der Waals surface area contributed by atoms with E-state index >= 15 is 0 Å². The van der Waals surface area contributed by atoms with E-state index in [-0.39, 0.29) is 22.9 Å². The van der Waals surface area contributed by atoms with Gasteiger partial charge in [0.25, 0.3) is 11.8 Å². The van der Waals surface area contributed by atoms with Crippen molar-refractivity contribution in [3.8, 4) is 11.5 Å². The molecule has 3 aromatic carbocycles. The molecule has 4 rings (SSSR count). The van der Waals surface area contributed by atoms with Gasteiger partial charge in [-0.3, -0.25) is 14.9 Å². The van der Waals surface area contributed by atoms with Crippen molar-refractivity contribution in [3.05, 3.63) is 93.0 Å². The number of nitrogens with one attached hydrogen (secondary N) is 1. The lowest BCUT2D eigenvalue weighted by Gasteiger charge is -2.27. The molecule has 0 bridgehead atoms. The Morgan fingerprint density at radius 3 is 2.44 bits per heavy atom. The minimum Gasteiger partial charge on any atom is -0.490 e. The minimum absolute atomic E-state index is 0.242. The van der Waals surface area contributed by atoms with Crippen LogP contribution in [0.25, 0.3) is 6.08 Å². The zero-order valence-electron chi connectivity index (χ0n) is 19.5. The lowest BCUT2D eigenvalue weighted by molar-refractivity contribution is -0.122. The van der Waals surface area contributed by atoms with Gasteiger partial charge in [0.05, 0.1) is 17.3 Å². The van der Waals surface area contributed by atoms with Gasteiger partial charge in [0.1, 0.15) is 12.2 Å². The first-order valence-electron chi connectivity index (χ1n) is 11.1. The van der Waals surface area contributed by atoms with Crippen molar-refractivity contribution < 1.29 is 23.9 Å². The van der Waals surface area contributed by atoms with Crippen LogP contribution in [-0.4, -0.2) is 24.5 Å². The average molecular weight is 525 g/mol. The van der Waals surface area contributed by atoms with E-state index in [1.165, 1.54) is 12.1 Å². The number of urea groups is 1. The number of amides is 4. The Balaban J connectivity index is 1.69. The van der Waals surface area contributed by atoms with Crippen LogP contribution >= 0.6 is 23.2 Å². The number of hydrogen-bond acceptors (Lipinski definition) is 5. The van der Waals surface area contributed by atoms with Crippen LogP contribution in [0.1, 0.15) is 23.6 Å². The molecule has 9 heteroatoms. The second-order valence-corrected chi connectivity index (χ2v) is 8.77. The van der Waals surface area contributed by atoms with E-state index in [1.807, 2.05) is 37.3 Å².